The van der Waals surface area contributed by atoms with E-state index in [1.807, 2.05) is 30.3 Å². The molecule has 3 aromatic rings. The van der Waals surface area contributed by atoms with Crippen molar-refractivity contribution in [1.82, 2.24) is 24.0 Å². The lowest BCUT2D eigenvalue weighted by Gasteiger charge is -2.11. The first-order valence-electron chi connectivity index (χ1n) is 10.3. The van der Waals surface area contributed by atoms with E-state index < -0.39 is 10.0 Å². The van der Waals surface area contributed by atoms with Crippen LogP contribution in [0.4, 0.5) is 0 Å². The molecule has 0 atom stereocenters. The Kier molecular flexibility index (Phi) is 5.98. The first-order valence-corrected chi connectivity index (χ1v) is 11.8. The fourth-order valence-electron chi connectivity index (χ4n) is 3.36. The van der Waals surface area contributed by atoms with Gasteiger partial charge in [0.2, 0.25) is 10.0 Å². The monoisotopic (exact) mass is 455 g/mol. The number of benzene rings is 2. The molecule has 1 amide bonds. The number of rotatable bonds is 8. The van der Waals surface area contributed by atoms with Gasteiger partial charge in [0, 0.05) is 32.1 Å². The molecule has 0 radical (unpaired) electrons. The average molecular weight is 456 g/mol. The molecule has 10 heteroatoms. The molecule has 1 heterocycles. The summed E-state index contributed by atoms with van der Waals surface area (Å²) in [5.41, 5.74) is 0.886. The highest BCUT2D eigenvalue weighted by molar-refractivity contribution is 7.89. The Morgan fingerprint density at radius 1 is 1.09 bits per heavy atom. The zero-order valence-corrected chi connectivity index (χ0v) is 18.7. The van der Waals surface area contributed by atoms with Crippen LogP contribution in [-0.2, 0) is 16.6 Å². The van der Waals surface area contributed by atoms with Crippen molar-refractivity contribution in [1.29, 1.82) is 0 Å². The van der Waals surface area contributed by atoms with Crippen molar-refractivity contribution in [2.24, 2.45) is 0 Å². The zero-order chi connectivity index (χ0) is 22.9. The lowest BCUT2D eigenvalue weighted by molar-refractivity contribution is 0.0951. The van der Waals surface area contributed by atoms with Gasteiger partial charge in [-0.1, -0.05) is 18.2 Å². The van der Waals surface area contributed by atoms with Crippen molar-refractivity contribution < 1.29 is 13.2 Å². The summed E-state index contributed by atoms with van der Waals surface area (Å²) in [6, 6.07) is 15.1. The molecule has 168 valence electrons. The number of hydrogen-bond acceptors (Lipinski definition) is 5. The van der Waals surface area contributed by atoms with Crippen molar-refractivity contribution in [2.75, 3.05) is 20.6 Å². The van der Waals surface area contributed by atoms with Crippen molar-refractivity contribution in [2.45, 2.75) is 30.2 Å². The minimum atomic E-state index is -3.55. The predicted molar refractivity (Wildman–Crippen MR) is 119 cm³/mol. The Morgan fingerprint density at radius 2 is 1.75 bits per heavy atom. The third-order valence-electron chi connectivity index (χ3n) is 5.33. The molecule has 1 aliphatic rings. The summed E-state index contributed by atoms with van der Waals surface area (Å²) in [5, 5.41) is 7.28. The van der Waals surface area contributed by atoms with E-state index in [9.17, 15) is 18.0 Å². The molecular weight excluding hydrogens is 430 g/mol. The van der Waals surface area contributed by atoms with E-state index in [2.05, 4.69) is 10.4 Å². The maximum Gasteiger partial charge on any atom is 0.350 e. The van der Waals surface area contributed by atoms with Gasteiger partial charge in [-0.3, -0.25) is 4.79 Å². The molecule has 0 aliphatic heterocycles. The molecular formula is C22H25N5O4S. The van der Waals surface area contributed by atoms with E-state index in [-0.39, 0.29) is 35.5 Å². The van der Waals surface area contributed by atoms with E-state index in [1.165, 1.54) is 43.0 Å². The minimum Gasteiger partial charge on any atom is -0.350 e. The van der Waals surface area contributed by atoms with Crippen molar-refractivity contribution in [3.05, 3.63) is 76.5 Å². The molecule has 0 spiro atoms. The molecule has 0 unspecified atom stereocenters. The van der Waals surface area contributed by atoms with E-state index in [1.54, 1.807) is 4.57 Å². The number of nitrogens with one attached hydrogen (secondary N) is 1. The minimum absolute atomic E-state index is 0.115. The molecule has 9 nitrogen and oxygen atoms in total. The van der Waals surface area contributed by atoms with Crippen LogP contribution in [0.5, 0.6) is 0 Å². The van der Waals surface area contributed by atoms with Crippen LogP contribution in [0, 0.1) is 0 Å². The van der Waals surface area contributed by atoms with Gasteiger partial charge in [-0.25, -0.2) is 26.8 Å². The average Bonchev–Trinajstić information content (AvgIpc) is 3.58. The molecule has 0 bridgehead atoms. The second kappa shape index (κ2) is 8.71. The number of aromatic nitrogens is 3. The van der Waals surface area contributed by atoms with Gasteiger partial charge in [0.1, 0.15) is 5.82 Å². The molecule has 1 aromatic heterocycles. The van der Waals surface area contributed by atoms with Gasteiger partial charge in [-0.2, -0.15) is 5.10 Å². The fourth-order valence-corrected chi connectivity index (χ4v) is 4.26. The van der Waals surface area contributed by atoms with Gasteiger partial charge in [-0.15, -0.1) is 0 Å². The summed E-state index contributed by atoms with van der Waals surface area (Å²) in [6.45, 7) is 0.448. The molecule has 1 saturated carbocycles. The topological polar surface area (TPSA) is 106 Å². The van der Waals surface area contributed by atoms with Crippen LogP contribution in [0.25, 0.3) is 5.69 Å². The van der Waals surface area contributed by atoms with Crippen LogP contribution in [0.2, 0.25) is 0 Å². The third-order valence-corrected chi connectivity index (χ3v) is 7.15. The van der Waals surface area contributed by atoms with Crippen LogP contribution < -0.4 is 11.0 Å². The Bertz CT molecular complexity index is 1270. The predicted octanol–water partition coefficient (Wildman–Crippen LogP) is 1.59. The van der Waals surface area contributed by atoms with Crippen molar-refractivity contribution in [3.63, 3.8) is 0 Å². The Labute approximate surface area is 186 Å². The molecule has 1 N–H and O–H groups in total. The number of carbonyl (C=O) groups excluding carboxylic acids is 1. The van der Waals surface area contributed by atoms with E-state index >= 15 is 0 Å². The second-order valence-corrected chi connectivity index (χ2v) is 10.0. The zero-order valence-electron chi connectivity index (χ0n) is 17.9. The smallest absolute Gasteiger partial charge is 0.350 e. The summed E-state index contributed by atoms with van der Waals surface area (Å²) in [4.78, 5) is 25.5. The first-order chi connectivity index (χ1) is 15.3. The number of hydrogen-bond donors (Lipinski definition) is 1. The Morgan fingerprint density at radius 3 is 2.34 bits per heavy atom. The van der Waals surface area contributed by atoms with E-state index in [0.29, 0.717) is 5.56 Å². The highest BCUT2D eigenvalue weighted by Gasteiger charge is 2.31. The molecule has 0 saturated heterocycles. The lowest BCUT2D eigenvalue weighted by atomic mass is 10.2. The lowest BCUT2D eigenvalue weighted by Crippen LogP contribution is -2.32. The molecule has 2 aromatic carbocycles. The fraction of sp³-hybridized carbons (Fsp3) is 0.318. The van der Waals surface area contributed by atoms with Crippen LogP contribution in [-0.4, -0.2) is 53.6 Å². The summed E-state index contributed by atoms with van der Waals surface area (Å²) >= 11 is 0. The van der Waals surface area contributed by atoms with Crippen LogP contribution >= 0.6 is 0 Å². The van der Waals surface area contributed by atoms with Crippen LogP contribution in [0.15, 0.2) is 64.3 Å². The van der Waals surface area contributed by atoms with E-state index in [4.69, 9.17) is 0 Å². The number of sulfonamides is 1. The second-order valence-electron chi connectivity index (χ2n) is 7.88. The van der Waals surface area contributed by atoms with Gasteiger partial charge >= 0.3 is 5.69 Å². The summed E-state index contributed by atoms with van der Waals surface area (Å²) in [7, 11) is -0.651. The number of para-hydroxylation sites is 1. The number of nitrogens with zero attached hydrogens (tertiary/aromatic N) is 4. The molecule has 4 rings (SSSR count). The quantitative estimate of drug-likeness (QED) is 0.555. The summed E-state index contributed by atoms with van der Waals surface area (Å²) in [6.07, 6.45) is 2.03. The van der Waals surface area contributed by atoms with Gasteiger partial charge < -0.3 is 5.32 Å². The van der Waals surface area contributed by atoms with Gasteiger partial charge in [-0.05, 0) is 49.2 Å². The summed E-state index contributed by atoms with van der Waals surface area (Å²) in [5.74, 6) is 0.692. The normalized spacial score (nSPS) is 14.0. The number of carbonyl (C=O) groups is 1. The highest BCUT2D eigenvalue weighted by atomic mass is 32.2. The Balaban J connectivity index is 1.44. The number of amides is 1. The van der Waals surface area contributed by atoms with Gasteiger partial charge in [0.15, 0.2) is 0 Å². The standard InChI is InChI=1S/C22H25N5O4S/c1-25(2)32(30,31)19-12-10-17(11-13-19)21(28)23-14-15-26-22(29)27(18-6-4-3-5-7-18)20(24-26)16-8-9-16/h3-7,10-13,16H,8-9,14-15H2,1-2H3,(H,23,28). The molecule has 32 heavy (non-hydrogen) atoms. The molecule has 1 fully saturated rings. The SMILES string of the molecule is CN(C)S(=O)(=O)c1ccc(C(=O)NCCn2nc(C3CC3)n(-c3ccccc3)c2=O)cc1. The summed E-state index contributed by atoms with van der Waals surface area (Å²) < 4.78 is 28.4. The maximum absolute atomic E-state index is 12.9. The highest BCUT2D eigenvalue weighted by Crippen LogP contribution is 2.39. The van der Waals surface area contributed by atoms with Crippen LogP contribution in [0.3, 0.4) is 0 Å². The largest absolute Gasteiger partial charge is 0.350 e. The third kappa shape index (κ3) is 4.37. The van der Waals surface area contributed by atoms with Gasteiger partial charge in [0.05, 0.1) is 17.1 Å². The Hall–Kier alpha value is -3.24. The van der Waals surface area contributed by atoms with Crippen LogP contribution in [0.1, 0.15) is 34.9 Å². The molecule has 1 aliphatic carbocycles. The van der Waals surface area contributed by atoms with Crippen molar-refractivity contribution >= 4 is 15.9 Å². The maximum atomic E-state index is 12.9. The van der Waals surface area contributed by atoms with E-state index in [0.717, 1.165) is 28.7 Å². The first kappa shape index (κ1) is 22.0. The van der Waals surface area contributed by atoms with Crippen molar-refractivity contribution in [3.8, 4) is 5.69 Å². The van der Waals surface area contributed by atoms with Gasteiger partial charge in [0.25, 0.3) is 5.91 Å².